The van der Waals surface area contributed by atoms with E-state index in [-0.39, 0.29) is 12.3 Å². The lowest BCUT2D eigenvalue weighted by Crippen LogP contribution is -2.38. The van der Waals surface area contributed by atoms with E-state index in [1.165, 1.54) is 31.7 Å². The summed E-state index contributed by atoms with van der Waals surface area (Å²) in [6.07, 6.45) is 2.58. The van der Waals surface area contributed by atoms with E-state index in [4.69, 9.17) is 16.3 Å². The molecule has 0 aromatic heterocycles. The van der Waals surface area contributed by atoms with Crippen LogP contribution in [0.15, 0.2) is 51.6 Å². The van der Waals surface area contributed by atoms with Crippen molar-refractivity contribution in [2.24, 2.45) is 10.9 Å². The summed E-state index contributed by atoms with van der Waals surface area (Å²) in [6.45, 7) is 2.52. The second-order valence-electron chi connectivity index (χ2n) is 7.33. The Hall–Kier alpha value is -2.25. The number of hydrogen-bond acceptors (Lipinski definition) is 6. The van der Waals surface area contributed by atoms with Crippen LogP contribution >= 0.6 is 23.4 Å². The van der Waals surface area contributed by atoms with Crippen LogP contribution in [-0.2, 0) is 14.3 Å². The van der Waals surface area contributed by atoms with Crippen molar-refractivity contribution in [1.82, 2.24) is 10.2 Å². The minimum absolute atomic E-state index is 0.0335. The van der Waals surface area contributed by atoms with Gasteiger partial charge < -0.3 is 15.0 Å². The molecule has 1 amide bonds. The Bertz CT molecular complexity index is 952. The number of methoxy groups -OCH3 is 1. The Labute approximate surface area is 179 Å². The molecule has 1 aromatic carbocycles. The standard InChI is InChI=1S/C21H22ClN3O3S/c1-12-18(20(27)28-2)19(15-5-3-4-6-16(15)22)25-14(11-29-21(25)24-12)9-17(26)23-10-13-7-8-13/h3-6,11,13,19H,7-10H2,1-2H3,(H,23,26). The highest BCUT2D eigenvalue weighted by Crippen LogP contribution is 2.46. The van der Waals surface area contributed by atoms with E-state index in [0.29, 0.717) is 22.2 Å². The number of nitrogens with one attached hydrogen (secondary N) is 1. The molecule has 0 radical (unpaired) electrons. The predicted molar refractivity (Wildman–Crippen MR) is 114 cm³/mol. The van der Waals surface area contributed by atoms with Crippen molar-refractivity contribution in [1.29, 1.82) is 0 Å². The molecule has 1 N–H and O–H groups in total. The number of carbonyl (C=O) groups is 2. The number of ether oxygens (including phenoxy) is 1. The Morgan fingerprint density at radius 2 is 2.10 bits per heavy atom. The first kappa shape index (κ1) is 20.0. The van der Waals surface area contributed by atoms with Crippen molar-refractivity contribution in [2.45, 2.75) is 32.2 Å². The largest absolute Gasteiger partial charge is 0.466 e. The van der Waals surface area contributed by atoms with Crippen LogP contribution in [-0.4, -0.2) is 35.6 Å². The van der Waals surface area contributed by atoms with Crippen LogP contribution in [0.4, 0.5) is 0 Å². The zero-order valence-electron chi connectivity index (χ0n) is 16.3. The van der Waals surface area contributed by atoms with Gasteiger partial charge in [0.15, 0.2) is 5.17 Å². The summed E-state index contributed by atoms with van der Waals surface area (Å²) in [4.78, 5) is 31.7. The number of carbonyl (C=O) groups excluding carboxylic acids is 2. The Morgan fingerprint density at radius 1 is 1.34 bits per heavy atom. The zero-order chi connectivity index (χ0) is 20.5. The molecule has 0 bridgehead atoms. The second-order valence-corrected chi connectivity index (χ2v) is 8.57. The van der Waals surface area contributed by atoms with Gasteiger partial charge in [-0.25, -0.2) is 9.79 Å². The number of aliphatic imine (C=N–C) groups is 1. The second kappa shape index (κ2) is 8.24. The predicted octanol–water partition coefficient (Wildman–Crippen LogP) is 4.00. The summed E-state index contributed by atoms with van der Waals surface area (Å²) in [6, 6.07) is 6.91. The van der Waals surface area contributed by atoms with Crippen LogP contribution in [0.1, 0.15) is 37.8 Å². The highest BCUT2D eigenvalue weighted by Gasteiger charge is 2.41. The van der Waals surface area contributed by atoms with Crippen molar-refractivity contribution in [3.05, 3.63) is 57.2 Å². The van der Waals surface area contributed by atoms with Crippen molar-refractivity contribution in [3.8, 4) is 0 Å². The molecule has 1 unspecified atom stereocenters. The minimum Gasteiger partial charge on any atom is -0.466 e. The van der Waals surface area contributed by atoms with E-state index in [2.05, 4.69) is 10.3 Å². The van der Waals surface area contributed by atoms with Crippen molar-refractivity contribution < 1.29 is 14.3 Å². The number of allylic oxidation sites excluding steroid dienone is 1. The van der Waals surface area contributed by atoms with Crippen LogP contribution in [0.5, 0.6) is 0 Å². The Morgan fingerprint density at radius 3 is 2.79 bits per heavy atom. The van der Waals surface area contributed by atoms with Gasteiger partial charge >= 0.3 is 5.97 Å². The van der Waals surface area contributed by atoms with Gasteiger partial charge in [-0.1, -0.05) is 41.6 Å². The van der Waals surface area contributed by atoms with Gasteiger partial charge in [-0.2, -0.15) is 0 Å². The molecule has 6 nitrogen and oxygen atoms in total. The smallest absolute Gasteiger partial charge is 0.338 e. The molecule has 8 heteroatoms. The fourth-order valence-corrected chi connectivity index (χ4v) is 4.74. The summed E-state index contributed by atoms with van der Waals surface area (Å²) in [5.41, 5.74) is 2.58. The third kappa shape index (κ3) is 4.07. The monoisotopic (exact) mass is 431 g/mol. The SMILES string of the molecule is COC(=O)C1=C(C)N=C2SC=C(CC(=O)NCC3CC3)N2C1c1ccccc1Cl. The quantitative estimate of drug-likeness (QED) is 0.689. The average Bonchev–Trinajstić information content (AvgIpc) is 3.46. The molecule has 3 aliphatic rings. The molecule has 1 aromatic rings. The van der Waals surface area contributed by atoms with Crippen molar-refractivity contribution in [3.63, 3.8) is 0 Å². The maximum Gasteiger partial charge on any atom is 0.338 e. The fourth-order valence-electron chi connectivity index (χ4n) is 3.54. The number of benzene rings is 1. The van der Waals surface area contributed by atoms with Gasteiger partial charge in [0.2, 0.25) is 5.91 Å². The molecule has 2 aliphatic heterocycles. The van der Waals surface area contributed by atoms with E-state index in [1.807, 2.05) is 28.5 Å². The molecule has 4 rings (SSSR count). The molecule has 152 valence electrons. The maximum absolute atomic E-state index is 12.6. The highest BCUT2D eigenvalue weighted by atomic mass is 35.5. The average molecular weight is 432 g/mol. The van der Waals surface area contributed by atoms with Gasteiger partial charge in [0.1, 0.15) is 0 Å². The minimum atomic E-state index is -0.499. The van der Waals surface area contributed by atoms with Gasteiger partial charge in [0, 0.05) is 17.3 Å². The molecule has 2 heterocycles. The summed E-state index contributed by atoms with van der Waals surface area (Å²) in [5, 5.41) is 6.20. The van der Waals surface area contributed by atoms with Gasteiger partial charge in [-0.3, -0.25) is 4.79 Å². The molecule has 1 aliphatic carbocycles. The molecule has 0 spiro atoms. The fraction of sp³-hybridized carbons (Fsp3) is 0.381. The lowest BCUT2D eigenvalue weighted by Gasteiger charge is -2.36. The first-order valence-corrected chi connectivity index (χ1v) is 10.8. The normalized spacial score (nSPS) is 20.8. The van der Waals surface area contributed by atoms with Crippen molar-refractivity contribution in [2.75, 3.05) is 13.7 Å². The third-order valence-corrected chi connectivity index (χ3v) is 6.47. The molecule has 29 heavy (non-hydrogen) atoms. The molecular formula is C21H22ClN3O3S. The van der Waals surface area contributed by atoms with Gasteiger partial charge in [-0.15, -0.1) is 0 Å². The number of rotatable bonds is 6. The topological polar surface area (TPSA) is 71.0 Å². The van der Waals surface area contributed by atoms with Crippen LogP contribution in [0, 0.1) is 5.92 Å². The van der Waals surface area contributed by atoms with E-state index < -0.39 is 12.0 Å². The van der Waals surface area contributed by atoms with E-state index in [1.54, 1.807) is 13.0 Å². The van der Waals surface area contributed by atoms with Crippen molar-refractivity contribution >= 4 is 40.4 Å². The summed E-state index contributed by atoms with van der Waals surface area (Å²) >= 11 is 7.95. The molecular weight excluding hydrogens is 410 g/mol. The van der Waals surface area contributed by atoms with E-state index >= 15 is 0 Å². The first-order chi connectivity index (χ1) is 14.0. The Kier molecular flexibility index (Phi) is 5.69. The Balaban J connectivity index is 1.68. The first-order valence-electron chi connectivity index (χ1n) is 9.53. The number of thioether (sulfide) groups is 1. The van der Waals surface area contributed by atoms with E-state index in [0.717, 1.165) is 23.0 Å². The summed E-state index contributed by atoms with van der Waals surface area (Å²) < 4.78 is 5.05. The lowest BCUT2D eigenvalue weighted by molar-refractivity contribution is -0.136. The summed E-state index contributed by atoms with van der Waals surface area (Å²) in [5.74, 6) is 0.129. The number of nitrogens with zero attached hydrogens (tertiary/aromatic N) is 2. The molecule has 1 saturated carbocycles. The van der Waals surface area contributed by atoms with Crippen LogP contribution in [0.3, 0.4) is 0 Å². The lowest BCUT2D eigenvalue weighted by atomic mass is 9.94. The molecule has 1 atom stereocenters. The van der Waals surface area contributed by atoms with E-state index in [9.17, 15) is 9.59 Å². The number of hydrogen-bond donors (Lipinski definition) is 1. The third-order valence-electron chi connectivity index (χ3n) is 5.23. The van der Waals surface area contributed by atoms with Gasteiger partial charge in [0.05, 0.1) is 30.8 Å². The number of fused-ring (bicyclic) bond motifs is 1. The van der Waals surface area contributed by atoms with Crippen LogP contribution < -0.4 is 5.32 Å². The number of amides is 1. The summed E-state index contributed by atoms with van der Waals surface area (Å²) in [7, 11) is 1.35. The number of esters is 1. The van der Waals surface area contributed by atoms with Crippen LogP contribution in [0.25, 0.3) is 0 Å². The number of amidine groups is 1. The molecule has 1 fully saturated rings. The highest BCUT2D eigenvalue weighted by molar-refractivity contribution is 8.16. The maximum atomic E-state index is 12.6. The molecule has 0 saturated heterocycles. The number of halogens is 1. The van der Waals surface area contributed by atoms with Gasteiger partial charge in [0.25, 0.3) is 0 Å². The zero-order valence-corrected chi connectivity index (χ0v) is 17.8. The van der Waals surface area contributed by atoms with Crippen LogP contribution in [0.2, 0.25) is 5.02 Å². The van der Waals surface area contributed by atoms with Gasteiger partial charge in [-0.05, 0) is 42.7 Å².